The number of aromatic nitrogens is 5. The number of halogens is 3. The molecule has 1 saturated heterocycles. The maximum absolute atomic E-state index is 12.9. The van der Waals surface area contributed by atoms with Crippen molar-refractivity contribution < 1.29 is 17.9 Å². The van der Waals surface area contributed by atoms with Gasteiger partial charge in [-0.05, 0) is 45.7 Å². The number of alkyl halides is 3. The summed E-state index contributed by atoms with van der Waals surface area (Å²) in [5, 5.41) is 0. The zero-order valence-electron chi connectivity index (χ0n) is 16.3. The van der Waals surface area contributed by atoms with Gasteiger partial charge in [-0.15, -0.1) is 0 Å². The van der Waals surface area contributed by atoms with Gasteiger partial charge in [-0.2, -0.15) is 13.2 Å². The molecule has 0 spiro atoms. The van der Waals surface area contributed by atoms with Gasteiger partial charge in [0.05, 0.1) is 17.5 Å². The minimum absolute atomic E-state index is 0.0905. The SMILES string of the molecule is Cc1nc2nc(C3CCOC(C)C3)nc(-c3ccc(C(F)(F)F)nc3)c2nc1C. The van der Waals surface area contributed by atoms with E-state index in [9.17, 15) is 13.2 Å². The Kier molecular flexibility index (Phi) is 4.94. The van der Waals surface area contributed by atoms with Crippen LogP contribution in [0.15, 0.2) is 18.3 Å². The summed E-state index contributed by atoms with van der Waals surface area (Å²) >= 11 is 0. The van der Waals surface area contributed by atoms with Crippen LogP contribution >= 0.6 is 0 Å². The Labute approximate surface area is 165 Å². The Morgan fingerprint density at radius 2 is 1.79 bits per heavy atom. The van der Waals surface area contributed by atoms with Crippen molar-refractivity contribution in [2.75, 3.05) is 6.61 Å². The first kappa shape index (κ1) is 19.6. The van der Waals surface area contributed by atoms with Crippen LogP contribution in [0.1, 0.15) is 48.6 Å². The molecule has 1 fully saturated rings. The molecule has 0 saturated carbocycles. The average molecular weight is 403 g/mol. The molecule has 0 N–H and O–H groups in total. The summed E-state index contributed by atoms with van der Waals surface area (Å²) in [5.41, 5.74) is 2.31. The van der Waals surface area contributed by atoms with Crippen molar-refractivity contribution in [2.45, 2.75) is 51.8 Å². The number of hydrogen-bond donors (Lipinski definition) is 0. The lowest BCUT2D eigenvalue weighted by molar-refractivity contribution is -0.141. The molecule has 9 heteroatoms. The number of rotatable bonds is 2. The molecule has 0 bridgehead atoms. The number of fused-ring (bicyclic) bond motifs is 1. The molecule has 29 heavy (non-hydrogen) atoms. The van der Waals surface area contributed by atoms with Gasteiger partial charge in [0.2, 0.25) is 0 Å². The quantitative estimate of drug-likeness (QED) is 0.631. The van der Waals surface area contributed by atoms with Crippen LogP contribution in [0.4, 0.5) is 13.2 Å². The second-order valence-corrected chi connectivity index (χ2v) is 7.33. The number of pyridine rings is 1. The lowest BCUT2D eigenvalue weighted by Crippen LogP contribution is -2.23. The molecule has 152 valence electrons. The number of hydrogen-bond acceptors (Lipinski definition) is 6. The van der Waals surface area contributed by atoms with Gasteiger partial charge in [-0.1, -0.05) is 0 Å². The smallest absolute Gasteiger partial charge is 0.378 e. The van der Waals surface area contributed by atoms with E-state index in [1.54, 1.807) is 0 Å². The molecular formula is C20H20F3N5O. The molecule has 0 radical (unpaired) electrons. The standard InChI is InChI=1S/C20H20F3N5O/c1-10-8-13(6-7-29-10)18-27-16(14-4-5-15(24-9-14)20(21,22)23)17-19(28-18)26-12(3)11(2)25-17/h4-5,9-10,13H,6-8H2,1-3H3. The van der Waals surface area contributed by atoms with Crippen LogP contribution in [0.2, 0.25) is 0 Å². The maximum Gasteiger partial charge on any atom is 0.433 e. The summed E-state index contributed by atoms with van der Waals surface area (Å²) in [6, 6.07) is 2.32. The summed E-state index contributed by atoms with van der Waals surface area (Å²) in [4.78, 5) is 22.0. The van der Waals surface area contributed by atoms with E-state index in [4.69, 9.17) is 9.72 Å². The van der Waals surface area contributed by atoms with Gasteiger partial charge in [0.25, 0.3) is 0 Å². The highest BCUT2D eigenvalue weighted by atomic mass is 19.4. The number of aryl methyl sites for hydroxylation is 2. The highest BCUT2D eigenvalue weighted by molar-refractivity contribution is 5.86. The van der Waals surface area contributed by atoms with E-state index >= 15 is 0 Å². The van der Waals surface area contributed by atoms with Crippen molar-refractivity contribution in [1.82, 2.24) is 24.9 Å². The zero-order valence-corrected chi connectivity index (χ0v) is 16.3. The molecule has 4 rings (SSSR count). The van der Waals surface area contributed by atoms with E-state index in [1.165, 1.54) is 12.3 Å². The van der Waals surface area contributed by atoms with Crippen LogP contribution in [-0.2, 0) is 10.9 Å². The molecular weight excluding hydrogens is 383 g/mol. The van der Waals surface area contributed by atoms with Crippen molar-refractivity contribution >= 4 is 11.2 Å². The second kappa shape index (κ2) is 7.29. The minimum Gasteiger partial charge on any atom is -0.378 e. The lowest BCUT2D eigenvalue weighted by Gasteiger charge is -2.26. The second-order valence-electron chi connectivity index (χ2n) is 7.33. The fourth-order valence-electron chi connectivity index (χ4n) is 3.45. The Balaban J connectivity index is 1.87. The summed E-state index contributed by atoms with van der Waals surface area (Å²) in [5.74, 6) is 0.702. The first-order chi connectivity index (χ1) is 13.7. The van der Waals surface area contributed by atoms with Gasteiger partial charge in [-0.3, -0.25) is 4.98 Å². The van der Waals surface area contributed by atoms with Crippen LogP contribution in [0.5, 0.6) is 0 Å². The normalized spacial score (nSPS) is 20.2. The molecule has 6 nitrogen and oxygen atoms in total. The van der Waals surface area contributed by atoms with E-state index in [2.05, 4.69) is 19.9 Å². The van der Waals surface area contributed by atoms with Gasteiger partial charge >= 0.3 is 6.18 Å². The zero-order chi connectivity index (χ0) is 20.8. The van der Waals surface area contributed by atoms with Gasteiger partial charge in [-0.25, -0.2) is 19.9 Å². The molecule has 4 heterocycles. The molecule has 2 atom stereocenters. The van der Waals surface area contributed by atoms with Crippen molar-refractivity contribution in [3.05, 3.63) is 41.2 Å². The van der Waals surface area contributed by atoms with Crippen molar-refractivity contribution in [3.8, 4) is 11.3 Å². The fraction of sp³-hybridized carbons (Fsp3) is 0.450. The largest absolute Gasteiger partial charge is 0.433 e. The third-order valence-corrected chi connectivity index (χ3v) is 5.14. The topological polar surface area (TPSA) is 73.7 Å². The number of ether oxygens (including phenoxy) is 1. The fourth-order valence-corrected chi connectivity index (χ4v) is 3.45. The first-order valence-corrected chi connectivity index (χ1v) is 9.40. The summed E-state index contributed by atoms with van der Waals surface area (Å²) in [7, 11) is 0. The van der Waals surface area contributed by atoms with Crippen LogP contribution in [-0.4, -0.2) is 37.6 Å². The molecule has 1 aliphatic rings. The minimum atomic E-state index is -4.50. The van der Waals surface area contributed by atoms with E-state index in [0.29, 0.717) is 34.9 Å². The summed E-state index contributed by atoms with van der Waals surface area (Å²) in [6.45, 7) is 6.29. The predicted octanol–water partition coefficient (Wildman–Crippen LogP) is 4.40. The molecule has 0 aromatic carbocycles. The monoisotopic (exact) mass is 403 g/mol. The van der Waals surface area contributed by atoms with Crippen LogP contribution in [0.3, 0.4) is 0 Å². The Bertz CT molecular complexity index is 1050. The van der Waals surface area contributed by atoms with Crippen LogP contribution in [0.25, 0.3) is 22.4 Å². The predicted molar refractivity (Wildman–Crippen MR) is 100 cm³/mol. The van der Waals surface area contributed by atoms with Gasteiger partial charge < -0.3 is 4.74 Å². The van der Waals surface area contributed by atoms with E-state index in [0.717, 1.165) is 30.3 Å². The maximum atomic E-state index is 12.9. The lowest BCUT2D eigenvalue weighted by atomic mass is 9.95. The number of nitrogens with zero attached hydrogens (tertiary/aromatic N) is 5. The molecule has 3 aromatic heterocycles. The van der Waals surface area contributed by atoms with Gasteiger partial charge in [0.1, 0.15) is 22.7 Å². The van der Waals surface area contributed by atoms with E-state index < -0.39 is 11.9 Å². The molecule has 1 aliphatic heterocycles. The molecule has 0 amide bonds. The van der Waals surface area contributed by atoms with Crippen LogP contribution in [0, 0.1) is 13.8 Å². The van der Waals surface area contributed by atoms with Crippen molar-refractivity contribution in [2.24, 2.45) is 0 Å². The van der Waals surface area contributed by atoms with E-state index in [-0.39, 0.29) is 12.0 Å². The average Bonchev–Trinajstić information content (AvgIpc) is 2.68. The highest BCUT2D eigenvalue weighted by Crippen LogP contribution is 2.33. The first-order valence-electron chi connectivity index (χ1n) is 9.40. The van der Waals surface area contributed by atoms with Crippen molar-refractivity contribution in [1.29, 1.82) is 0 Å². The van der Waals surface area contributed by atoms with Crippen LogP contribution < -0.4 is 0 Å². The third-order valence-electron chi connectivity index (χ3n) is 5.14. The molecule has 0 aliphatic carbocycles. The third kappa shape index (κ3) is 3.91. The Hall–Kier alpha value is -2.68. The summed E-state index contributed by atoms with van der Waals surface area (Å²) < 4.78 is 44.3. The Morgan fingerprint density at radius 3 is 2.45 bits per heavy atom. The van der Waals surface area contributed by atoms with Gasteiger partial charge in [0.15, 0.2) is 5.65 Å². The molecule has 2 unspecified atom stereocenters. The van der Waals surface area contributed by atoms with Gasteiger partial charge in [0, 0.05) is 24.3 Å². The molecule has 3 aromatic rings. The van der Waals surface area contributed by atoms with E-state index in [1.807, 2.05) is 20.8 Å². The highest BCUT2D eigenvalue weighted by Gasteiger charge is 2.32. The summed E-state index contributed by atoms with van der Waals surface area (Å²) in [6.07, 6.45) is -1.68. The Morgan fingerprint density at radius 1 is 1.03 bits per heavy atom. The van der Waals surface area contributed by atoms with Crippen molar-refractivity contribution in [3.63, 3.8) is 0 Å².